The summed E-state index contributed by atoms with van der Waals surface area (Å²) in [5, 5.41) is 8.22. The van der Waals surface area contributed by atoms with Crippen LogP contribution < -0.4 is 0 Å². The van der Waals surface area contributed by atoms with Gasteiger partial charge in [-0.3, -0.25) is 4.68 Å². The van der Waals surface area contributed by atoms with Crippen molar-refractivity contribution in [2.75, 3.05) is 0 Å². The smallest absolute Gasteiger partial charge is 0.0733 e. The summed E-state index contributed by atoms with van der Waals surface area (Å²) in [6, 6.07) is 0. The van der Waals surface area contributed by atoms with Crippen LogP contribution in [-0.2, 0) is 12.4 Å². The highest BCUT2D eigenvalue weighted by molar-refractivity contribution is 9.08. The maximum atomic E-state index is 3.72. The van der Waals surface area contributed by atoms with E-state index in [1.165, 1.54) is 0 Å². The first-order valence-electron chi connectivity index (χ1n) is 2.24. The molecule has 0 aliphatic heterocycles. The molecule has 44 valence electrons. The second kappa shape index (κ2) is 2.26. The minimum Gasteiger partial charge on any atom is -0.252 e. The molecule has 4 heteroatoms. The maximum absolute atomic E-state index is 3.72. The molecule has 0 amide bonds. The molecule has 0 spiro atoms. The van der Waals surface area contributed by atoms with Gasteiger partial charge in [0.15, 0.2) is 0 Å². The lowest BCUT2D eigenvalue weighted by atomic mass is 10.6. The van der Waals surface area contributed by atoms with Gasteiger partial charge in [0.2, 0.25) is 0 Å². The van der Waals surface area contributed by atoms with Crippen molar-refractivity contribution in [3.8, 4) is 0 Å². The van der Waals surface area contributed by atoms with Gasteiger partial charge in [0.25, 0.3) is 0 Å². The molecule has 0 aliphatic carbocycles. The van der Waals surface area contributed by atoms with E-state index in [9.17, 15) is 0 Å². The summed E-state index contributed by atoms with van der Waals surface area (Å²) >= 11 is 3.29. The predicted octanol–water partition coefficient (Wildman–Crippen LogP) is 0.710. The van der Waals surface area contributed by atoms with Crippen LogP contribution in [0, 0.1) is 0 Å². The highest BCUT2D eigenvalue weighted by atomic mass is 79.9. The Bertz CT molecular complexity index is 172. The van der Waals surface area contributed by atoms with Crippen LogP contribution in [0.5, 0.6) is 0 Å². The van der Waals surface area contributed by atoms with Gasteiger partial charge in [0.05, 0.1) is 11.9 Å². The first kappa shape index (κ1) is 5.75. The van der Waals surface area contributed by atoms with E-state index in [-0.39, 0.29) is 0 Å². The Morgan fingerprint density at radius 3 is 2.88 bits per heavy atom. The molecule has 0 saturated carbocycles. The van der Waals surface area contributed by atoms with E-state index in [1.807, 2.05) is 7.05 Å². The molecule has 0 atom stereocenters. The van der Waals surface area contributed by atoms with E-state index in [2.05, 4.69) is 26.2 Å². The fourth-order valence-electron chi connectivity index (χ4n) is 0.432. The van der Waals surface area contributed by atoms with Crippen molar-refractivity contribution in [1.82, 2.24) is 15.0 Å². The fraction of sp³-hybridized carbons (Fsp3) is 0.500. The van der Waals surface area contributed by atoms with Gasteiger partial charge in [0, 0.05) is 12.4 Å². The van der Waals surface area contributed by atoms with Crippen molar-refractivity contribution in [3.63, 3.8) is 0 Å². The van der Waals surface area contributed by atoms with Crippen molar-refractivity contribution < 1.29 is 0 Å². The number of hydrogen-bond donors (Lipinski definition) is 0. The lowest BCUT2D eigenvalue weighted by molar-refractivity contribution is 0.694. The van der Waals surface area contributed by atoms with Crippen LogP contribution in [0.3, 0.4) is 0 Å². The lowest BCUT2D eigenvalue weighted by Crippen LogP contribution is -1.94. The minimum atomic E-state index is 0.816. The van der Waals surface area contributed by atoms with Gasteiger partial charge in [-0.2, -0.15) is 0 Å². The minimum absolute atomic E-state index is 0.816. The number of aromatic nitrogens is 3. The zero-order valence-corrected chi connectivity index (χ0v) is 6.09. The summed E-state index contributed by atoms with van der Waals surface area (Å²) in [7, 11) is 1.86. The van der Waals surface area contributed by atoms with Crippen LogP contribution >= 0.6 is 15.9 Å². The SMILES string of the molecule is Cn1nncc1CBr. The summed E-state index contributed by atoms with van der Waals surface area (Å²) in [5.74, 6) is 0. The predicted molar refractivity (Wildman–Crippen MR) is 33.6 cm³/mol. The van der Waals surface area contributed by atoms with Crippen LogP contribution in [-0.4, -0.2) is 15.0 Å². The third-order valence-electron chi connectivity index (χ3n) is 0.945. The van der Waals surface area contributed by atoms with E-state index in [4.69, 9.17) is 0 Å². The zero-order valence-electron chi connectivity index (χ0n) is 4.50. The Balaban J connectivity index is 2.92. The first-order valence-corrected chi connectivity index (χ1v) is 3.36. The Kier molecular flexibility index (Phi) is 1.62. The molecule has 0 bridgehead atoms. The van der Waals surface area contributed by atoms with Gasteiger partial charge in [-0.15, -0.1) is 5.10 Å². The monoisotopic (exact) mass is 175 g/mol. The second-order valence-electron chi connectivity index (χ2n) is 1.48. The Hall–Kier alpha value is -0.380. The van der Waals surface area contributed by atoms with E-state index < -0.39 is 0 Å². The zero-order chi connectivity index (χ0) is 5.98. The molecule has 0 radical (unpaired) electrons. The highest BCUT2D eigenvalue weighted by Crippen LogP contribution is 1.98. The molecule has 0 aliphatic rings. The third kappa shape index (κ3) is 0.888. The van der Waals surface area contributed by atoms with Crippen LogP contribution in [0.25, 0.3) is 0 Å². The number of alkyl halides is 1. The summed E-state index contributed by atoms with van der Waals surface area (Å²) < 4.78 is 1.73. The Labute approximate surface area is 55.8 Å². The van der Waals surface area contributed by atoms with Crippen molar-refractivity contribution in [3.05, 3.63) is 11.9 Å². The van der Waals surface area contributed by atoms with E-state index in [1.54, 1.807) is 10.9 Å². The van der Waals surface area contributed by atoms with Gasteiger partial charge < -0.3 is 0 Å². The topological polar surface area (TPSA) is 30.7 Å². The average molecular weight is 176 g/mol. The van der Waals surface area contributed by atoms with Crippen LogP contribution in [0.2, 0.25) is 0 Å². The summed E-state index contributed by atoms with van der Waals surface area (Å²) in [6.45, 7) is 0. The molecule has 8 heavy (non-hydrogen) atoms. The molecule has 1 aromatic rings. The van der Waals surface area contributed by atoms with Crippen molar-refractivity contribution in [2.45, 2.75) is 5.33 Å². The molecule has 0 unspecified atom stereocenters. The average Bonchev–Trinajstić information content (AvgIpc) is 2.14. The number of nitrogens with zero attached hydrogens (tertiary/aromatic N) is 3. The van der Waals surface area contributed by atoms with E-state index in [0.29, 0.717) is 0 Å². The highest BCUT2D eigenvalue weighted by Gasteiger charge is 1.92. The van der Waals surface area contributed by atoms with Gasteiger partial charge >= 0.3 is 0 Å². The van der Waals surface area contributed by atoms with Gasteiger partial charge in [-0.25, -0.2) is 0 Å². The lowest BCUT2D eigenvalue weighted by Gasteiger charge is -1.89. The molecular weight excluding hydrogens is 170 g/mol. The summed E-state index contributed by atoms with van der Waals surface area (Å²) in [6.07, 6.45) is 1.73. The molecule has 1 rings (SSSR count). The van der Waals surface area contributed by atoms with Crippen molar-refractivity contribution in [2.24, 2.45) is 7.05 Å². The van der Waals surface area contributed by atoms with Gasteiger partial charge in [-0.1, -0.05) is 21.1 Å². The Morgan fingerprint density at radius 2 is 2.62 bits per heavy atom. The standard InChI is InChI=1S/C4H6BrN3/c1-8-4(2-5)3-6-7-8/h3H,2H2,1H3. The maximum Gasteiger partial charge on any atom is 0.0733 e. The third-order valence-corrected chi connectivity index (χ3v) is 1.52. The molecule has 1 heterocycles. The van der Waals surface area contributed by atoms with Crippen molar-refractivity contribution >= 4 is 15.9 Å². The molecule has 0 fully saturated rings. The molecule has 1 aromatic heterocycles. The fourth-order valence-corrected chi connectivity index (χ4v) is 0.940. The molecule has 0 saturated heterocycles. The normalized spacial score (nSPS) is 9.75. The van der Waals surface area contributed by atoms with E-state index >= 15 is 0 Å². The molecule has 0 N–H and O–H groups in total. The summed E-state index contributed by atoms with van der Waals surface area (Å²) in [5.41, 5.74) is 1.09. The van der Waals surface area contributed by atoms with Crippen LogP contribution in [0.15, 0.2) is 6.20 Å². The number of halogens is 1. The quantitative estimate of drug-likeness (QED) is 0.590. The number of hydrogen-bond acceptors (Lipinski definition) is 2. The van der Waals surface area contributed by atoms with Crippen LogP contribution in [0.4, 0.5) is 0 Å². The van der Waals surface area contributed by atoms with Crippen molar-refractivity contribution in [1.29, 1.82) is 0 Å². The molecule has 0 aromatic carbocycles. The number of aryl methyl sites for hydroxylation is 1. The van der Waals surface area contributed by atoms with E-state index in [0.717, 1.165) is 11.0 Å². The molecule has 3 nitrogen and oxygen atoms in total. The molecular formula is C4H6BrN3. The largest absolute Gasteiger partial charge is 0.252 e. The van der Waals surface area contributed by atoms with Crippen LogP contribution in [0.1, 0.15) is 5.69 Å². The van der Waals surface area contributed by atoms with Gasteiger partial charge in [0.1, 0.15) is 0 Å². The number of rotatable bonds is 1. The summed E-state index contributed by atoms with van der Waals surface area (Å²) in [4.78, 5) is 0. The Morgan fingerprint density at radius 1 is 1.88 bits per heavy atom. The first-order chi connectivity index (χ1) is 3.84. The van der Waals surface area contributed by atoms with Gasteiger partial charge in [-0.05, 0) is 0 Å². The second-order valence-corrected chi connectivity index (χ2v) is 2.04.